The molecular formula is C12H14N4O. The first-order valence-electron chi connectivity index (χ1n) is 5.19. The van der Waals surface area contributed by atoms with Crippen LogP contribution in [0.3, 0.4) is 0 Å². The third kappa shape index (κ3) is 2.63. The number of methoxy groups -OCH3 is 1. The minimum Gasteiger partial charge on any atom is -0.497 e. The Morgan fingerprint density at radius 1 is 1.18 bits per heavy atom. The summed E-state index contributed by atoms with van der Waals surface area (Å²) in [6.07, 6.45) is 0.648. The lowest BCUT2D eigenvalue weighted by molar-refractivity contribution is 0.414. The van der Waals surface area contributed by atoms with Crippen molar-refractivity contribution in [1.29, 1.82) is 0 Å². The molecule has 4 N–H and O–H groups in total. The zero-order valence-electron chi connectivity index (χ0n) is 9.55. The van der Waals surface area contributed by atoms with Crippen molar-refractivity contribution < 1.29 is 4.74 Å². The van der Waals surface area contributed by atoms with Gasteiger partial charge in [0.1, 0.15) is 5.75 Å². The van der Waals surface area contributed by atoms with E-state index in [0.717, 1.165) is 17.0 Å². The van der Waals surface area contributed by atoms with Crippen LogP contribution in [0.4, 0.5) is 11.5 Å². The summed E-state index contributed by atoms with van der Waals surface area (Å²) < 4.78 is 5.15. The van der Waals surface area contributed by atoms with E-state index >= 15 is 0 Å². The topological polar surface area (TPSA) is 87.0 Å². The number of benzene rings is 1. The summed E-state index contributed by atoms with van der Waals surface area (Å²) in [5, 5.41) is 7.78. The molecule has 17 heavy (non-hydrogen) atoms. The highest BCUT2D eigenvalue weighted by molar-refractivity contribution is 5.57. The Balaban J connectivity index is 2.22. The first-order chi connectivity index (χ1) is 8.19. The van der Waals surface area contributed by atoms with Gasteiger partial charge in [-0.25, -0.2) is 0 Å². The number of anilines is 2. The first kappa shape index (κ1) is 11.2. The molecule has 0 fully saturated rings. The zero-order valence-corrected chi connectivity index (χ0v) is 9.55. The first-order valence-corrected chi connectivity index (χ1v) is 5.19. The number of hydrogen-bond donors (Lipinski definition) is 2. The van der Waals surface area contributed by atoms with Gasteiger partial charge in [0.25, 0.3) is 0 Å². The van der Waals surface area contributed by atoms with E-state index in [9.17, 15) is 0 Å². The molecule has 0 saturated carbocycles. The third-order valence-corrected chi connectivity index (χ3v) is 2.42. The summed E-state index contributed by atoms with van der Waals surface area (Å²) in [7, 11) is 1.64. The van der Waals surface area contributed by atoms with Crippen molar-refractivity contribution in [2.24, 2.45) is 0 Å². The van der Waals surface area contributed by atoms with Crippen LogP contribution in [0.25, 0.3) is 0 Å². The molecule has 0 atom stereocenters. The second-order valence-electron chi connectivity index (χ2n) is 3.70. The van der Waals surface area contributed by atoms with Crippen molar-refractivity contribution in [1.82, 2.24) is 10.2 Å². The molecule has 0 radical (unpaired) electrons. The molecule has 2 aromatic rings. The molecule has 2 rings (SSSR count). The van der Waals surface area contributed by atoms with Gasteiger partial charge in [-0.2, -0.15) is 5.10 Å². The Morgan fingerprint density at radius 3 is 2.71 bits per heavy atom. The summed E-state index contributed by atoms with van der Waals surface area (Å²) in [6, 6.07) is 9.52. The molecule has 5 nitrogen and oxygen atoms in total. The summed E-state index contributed by atoms with van der Waals surface area (Å²) >= 11 is 0. The van der Waals surface area contributed by atoms with Crippen molar-refractivity contribution in [3.63, 3.8) is 0 Å². The van der Waals surface area contributed by atoms with E-state index in [1.807, 2.05) is 24.3 Å². The van der Waals surface area contributed by atoms with Gasteiger partial charge in [-0.05, 0) is 23.8 Å². The summed E-state index contributed by atoms with van der Waals surface area (Å²) in [5.74, 6) is 1.08. The van der Waals surface area contributed by atoms with Gasteiger partial charge in [0, 0.05) is 6.42 Å². The minimum absolute atomic E-state index is 0.263. The van der Waals surface area contributed by atoms with E-state index in [1.165, 1.54) is 0 Å². The van der Waals surface area contributed by atoms with Crippen molar-refractivity contribution >= 4 is 11.5 Å². The molecule has 0 aliphatic carbocycles. The van der Waals surface area contributed by atoms with Gasteiger partial charge in [-0.3, -0.25) is 0 Å². The molecule has 0 saturated heterocycles. The third-order valence-electron chi connectivity index (χ3n) is 2.42. The molecule has 5 heteroatoms. The Kier molecular flexibility index (Phi) is 3.09. The van der Waals surface area contributed by atoms with Gasteiger partial charge in [-0.1, -0.05) is 12.1 Å². The van der Waals surface area contributed by atoms with Crippen LogP contribution in [0.15, 0.2) is 30.3 Å². The van der Waals surface area contributed by atoms with E-state index < -0.39 is 0 Å². The van der Waals surface area contributed by atoms with Crippen LogP contribution >= 0.6 is 0 Å². The number of hydrogen-bond acceptors (Lipinski definition) is 5. The van der Waals surface area contributed by atoms with Gasteiger partial charge in [-0.15, -0.1) is 5.10 Å². The van der Waals surface area contributed by atoms with Gasteiger partial charge >= 0.3 is 0 Å². The van der Waals surface area contributed by atoms with Crippen molar-refractivity contribution in [3.05, 3.63) is 41.6 Å². The van der Waals surface area contributed by atoms with Crippen LogP contribution in [-0.2, 0) is 6.42 Å². The highest BCUT2D eigenvalue weighted by Crippen LogP contribution is 2.17. The lowest BCUT2D eigenvalue weighted by Crippen LogP contribution is -2.03. The molecule has 0 unspecified atom stereocenters. The van der Waals surface area contributed by atoms with Crippen LogP contribution in [0.5, 0.6) is 5.75 Å². The quantitative estimate of drug-likeness (QED) is 0.828. The van der Waals surface area contributed by atoms with E-state index in [2.05, 4.69) is 10.2 Å². The molecule has 0 bridgehead atoms. The largest absolute Gasteiger partial charge is 0.497 e. The smallest absolute Gasteiger partial charge is 0.169 e. The lowest BCUT2D eigenvalue weighted by Gasteiger charge is -2.05. The van der Waals surface area contributed by atoms with Crippen molar-refractivity contribution in [2.75, 3.05) is 18.6 Å². The summed E-state index contributed by atoms with van der Waals surface area (Å²) in [5.41, 5.74) is 13.5. The van der Waals surface area contributed by atoms with Crippen molar-refractivity contribution in [3.8, 4) is 5.75 Å². The van der Waals surface area contributed by atoms with Gasteiger partial charge in [0.05, 0.1) is 18.5 Å². The van der Waals surface area contributed by atoms with Gasteiger partial charge in [0.2, 0.25) is 0 Å². The van der Waals surface area contributed by atoms with E-state index in [1.54, 1.807) is 13.2 Å². The standard InChI is InChI=1S/C12H14N4O/c1-17-10-4-2-3-8(6-10)5-9-7-11(13)12(14)16-15-9/h2-4,6-7H,5H2,1H3,(H2,13,15)(H2,14,16). The number of aromatic nitrogens is 2. The average molecular weight is 230 g/mol. The molecule has 0 aliphatic rings. The van der Waals surface area contributed by atoms with Crippen molar-refractivity contribution in [2.45, 2.75) is 6.42 Å². The summed E-state index contributed by atoms with van der Waals surface area (Å²) in [4.78, 5) is 0. The minimum atomic E-state index is 0.263. The second-order valence-corrected chi connectivity index (χ2v) is 3.70. The number of rotatable bonds is 3. The van der Waals surface area contributed by atoms with E-state index in [4.69, 9.17) is 16.2 Å². The van der Waals surface area contributed by atoms with Gasteiger partial charge in [0.15, 0.2) is 5.82 Å². The fraction of sp³-hybridized carbons (Fsp3) is 0.167. The van der Waals surface area contributed by atoms with Crippen LogP contribution < -0.4 is 16.2 Å². The Hall–Kier alpha value is -2.30. The molecule has 1 heterocycles. The number of nitrogen functional groups attached to an aromatic ring is 2. The molecule has 1 aromatic heterocycles. The zero-order chi connectivity index (χ0) is 12.3. The maximum absolute atomic E-state index is 5.68. The maximum atomic E-state index is 5.68. The molecule has 0 amide bonds. The van der Waals surface area contributed by atoms with E-state index in [-0.39, 0.29) is 5.82 Å². The Bertz CT molecular complexity index is 528. The molecule has 1 aromatic carbocycles. The van der Waals surface area contributed by atoms with Crippen LogP contribution in [0.1, 0.15) is 11.3 Å². The summed E-state index contributed by atoms with van der Waals surface area (Å²) in [6.45, 7) is 0. The molecule has 88 valence electrons. The fourth-order valence-electron chi connectivity index (χ4n) is 1.54. The van der Waals surface area contributed by atoms with Crippen LogP contribution in [0.2, 0.25) is 0 Å². The Labute approximate surface area is 99.4 Å². The predicted octanol–water partition coefficient (Wildman–Crippen LogP) is 1.24. The predicted molar refractivity (Wildman–Crippen MR) is 66.7 cm³/mol. The van der Waals surface area contributed by atoms with Gasteiger partial charge < -0.3 is 16.2 Å². The number of ether oxygens (including phenoxy) is 1. The SMILES string of the molecule is COc1cccc(Cc2cc(N)c(N)nn2)c1. The van der Waals surface area contributed by atoms with E-state index in [0.29, 0.717) is 12.1 Å². The second kappa shape index (κ2) is 4.69. The lowest BCUT2D eigenvalue weighted by atomic mass is 10.1. The number of nitrogens with two attached hydrogens (primary N) is 2. The fourth-order valence-corrected chi connectivity index (χ4v) is 1.54. The Morgan fingerprint density at radius 2 is 2.00 bits per heavy atom. The highest BCUT2D eigenvalue weighted by Gasteiger charge is 2.03. The normalized spacial score (nSPS) is 10.2. The number of nitrogens with zero attached hydrogens (tertiary/aromatic N) is 2. The molecule has 0 aliphatic heterocycles. The maximum Gasteiger partial charge on any atom is 0.169 e. The highest BCUT2D eigenvalue weighted by atomic mass is 16.5. The van der Waals surface area contributed by atoms with Crippen LogP contribution in [0, 0.1) is 0 Å². The average Bonchev–Trinajstić information content (AvgIpc) is 2.34. The monoisotopic (exact) mass is 230 g/mol. The molecule has 0 spiro atoms. The molecular weight excluding hydrogens is 216 g/mol. The van der Waals surface area contributed by atoms with Crippen LogP contribution in [-0.4, -0.2) is 17.3 Å².